The molecule has 0 aromatic rings. The van der Waals surface area contributed by atoms with E-state index >= 15 is 0 Å². The molecule has 0 rings (SSSR count). The third kappa shape index (κ3) is 17.5. The van der Waals surface area contributed by atoms with Crippen molar-refractivity contribution in [2.75, 3.05) is 26.4 Å². The largest absolute Gasteiger partial charge is 0.460 e. The fourth-order valence-electron chi connectivity index (χ4n) is 2.21. The second-order valence-electron chi connectivity index (χ2n) is 7.25. The van der Waals surface area contributed by atoms with Gasteiger partial charge >= 0.3 is 23.9 Å². The molecule has 0 bridgehead atoms. The number of rotatable bonds is 18. The number of unbranched alkanes of at least 4 members (excludes halogenated alkanes) is 2. The van der Waals surface area contributed by atoms with E-state index in [2.05, 4.69) is 13.2 Å². The maximum absolute atomic E-state index is 11.8. The van der Waals surface area contributed by atoms with E-state index in [1.54, 1.807) is 27.7 Å². The highest BCUT2D eigenvalue weighted by atomic mass is 16.7. The average molecular weight is 473 g/mol. The molecule has 188 valence electrons. The minimum absolute atomic E-state index is 0.0375. The lowest BCUT2D eigenvalue weighted by Gasteiger charge is -2.14. The van der Waals surface area contributed by atoms with Gasteiger partial charge in [-0.25, -0.2) is 9.59 Å². The molecule has 2 atom stereocenters. The highest BCUT2D eigenvalue weighted by Crippen LogP contribution is 2.08. The van der Waals surface area contributed by atoms with Gasteiger partial charge in [-0.15, -0.1) is 0 Å². The molecule has 0 aromatic heterocycles. The Morgan fingerprint density at radius 1 is 0.636 bits per heavy atom. The molecule has 2 unspecified atom stereocenters. The Labute approximate surface area is 195 Å². The molecule has 0 saturated heterocycles. The van der Waals surface area contributed by atoms with Crippen LogP contribution in [0.5, 0.6) is 0 Å². The van der Waals surface area contributed by atoms with Crippen LogP contribution in [-0.2, 0) is 47.6 Å². The minimum atomic E-state index is -0.762. The molecule has 0 fully saturated rings. The standard InChI is InChI=1S/C23H36O10/c1-16(2)22(26)30-14-12-28-18(5)32-20(24)10-8-7-9-11-21(25)33-19(6)29-13-15-31-23(27)17(3)4/h18-19H,1,3,7-15H2,2,4-6H3. The van der Waals surface area contributed by atoms with Gasteiger partial charge in [0, 0.05) is 24.0 Å². The molecule has 0 N–H and O–H groups in total. The van der Waals surface area contributed by atoms with Crippen LogP contribution in [0.4, 0.5) is 0 Å². The van der Waals surface area contributed by atoms with Crippen molar-refractivity contribution in [3.63, 3.8) is 0 Å². The van der Waals surface area contributed by atoms with E-state index in [1.807, 2.05) is 0 Å². The Hall–Kier alpha value is -2.72. The van der Waals surface area contributed by atoms with Crippen molar-refractivity contribution in [2.45, 2.75) is 72.4 Å². The van der Waals surface area contributed by atoms with Crippen molar-refractivity contribution in [1.29, 1.82) is 0 Å². The number of carbonyl (C=O) groups excluding carboxylic acids is 4. The van der Waals surface area contributed by atoms with Gasteiger partial charge in [0.1, 0.15) is 13.2 Å². The van der Waals surface area contributed by atoms with Crippen LogP contribution >= 0.6 is 0 Å². The van der Waals surface area contributed by atoms with E-state index in [1.165, 1.54) is 0 Å². The monoisotopic (exact) mass is 472 g/mol. The van der Waals surface area contributed by atoms with E-state index in [9.17, 15) is 19.2 Å². The van der Waals surface area contributed by atoms with Crippen LogP contribution in [0.25, 0.3) is 0 Å². The number of hydrogen-bond acceptors (Lipinski definition) is 10. The summed E-state index contributed by atoms with van der Waals surface area (Å²) in [6, 6.07) is 0. The van der Waals surface area contributed by atoms with Crippen LogP contribution in [0.15, 0.2) is 24.3 Å². The number of esters is 4. The molecule has 33 heavy (non-hydrogen) atoms. The lowest BCUT2D eigenvalue weighted by Crippen LogP contribution is -2.21. The molecule has 0 radical (unpaired) electrons. The molecule has 0 aliphatic rings. The normalized spacial score (nSPS) is 12.2. The van der Waals surface area contributed by atoms with E-state index in [4.69, 9.17) is 28.4 Å². The first-order valence-electron chi connectivity index (χ1n) is 10.8. The molecule has 0 saturated carbocycles. The Morgan fingerprint density at radius 2 is 1.00 bits per heavy atom. The molecule has 10 heteroatoms. The first kappa shape index (κ1) is 30.3. The summed E-state index contributed by atoms with van der Waals surface area (Å²) in [5.74, 6) is -1.84. The zero-order chi connectivity index (χ0) is 25.2. The van der Waals surface area contributed by atoms with Crippen molar-refractivity contribution in [2.24, 2.45) is 0 Å². The van der Waals surface area contributed by atoms with Crippen LogP contribution in [0.3, 0.4) is 0 Å². The van der Waals surface area contributed by atoms with Gasteiger partial charge in [-0.3, -0.25) is 9.59 Å². The third-order valence-corrected chi connectivity index (χ3v) is 3.89. The Bertz CT molecular complexity index is 614. The van der Waals surface area contributed by atoms with Crippen molar-refractivity contribution in [1.82, 2.24) is 0 Å². The topological polar surface area (TPSA) is 124 Å². The summed E-state index contributed by atoms with van der Waals surface area (Å²) in [6.07, 6.45) is 0.599. The van der Waals surface area contributed by atoms with Crippen LogP contribution in [-0.4, -0.2) is 62.9 Å². The molecule has 0 amide bonds. The Morgan fingerprint density at radius 3 is 1.33 bits per heavy atom. The third-order valence-electron chi connectivity index (χ3n) is 3.89. The molecule has 10 nitrogen and oxygen atoms in total. The van der Waals surface area contributed by atoms with Gasteiger partial charge < -0.3 is 28.4 Å². The second-order valence-corrected chi connectivity index (χ2v) is 7.25. The number of hydrogen-bond donors (Lipinski definition) is 0. The molecule has 0 aliphatic carbocycles. The molecule has 0 aliphatic heterocycles. The number of ether oxygens (including phenoxy) is 6. The summed E-state index contributed by atoms with van der Waals surface area (Å²) >= 11 is 0. The van der Waals surface area contributed by atoms with Gasteiger partial charge in [0.2, 0.25) is 0 Å². The van der Waals surface area contributed by atoms with E-state index in [-0.39, 0.29) is 39.3 Å². The predicted molar refractivity (Wildman–Crippen MR) is 118 cm³/mol. The van der Waals surface area contributed by atoms with Gasteiger partial charge in [-0.05, 0) is 40.5 Å². The summed E-state index contributed by atoms with van der Waals surface area (Å²) in [6.45, 7) is 13.4. The summed E-state index contributed by atoms with van der Waals surface area (Å²) in [7, 11) is 0. The fraction of sp³-hybridized carbons (Fsp3) is 0.652. The SMILES string of the molecule is C=C(C)C(=O)OCCOC(C)OC(=O)CCCCCC(=O)OC(C)OCCOC(=O)C(=C)C. The lowest BCUT2D eigenvalue weighted by atomic mass is 10.1. The lowest BCUT2D eigenvalue weighted by molar-refractivity contribution is -0.178. The summed E-state index contributed by atoms with van der Waals surface area (Å²) in [5, 5.41) is 0. The van der Waals surface area contributed by atoms with Gasteiger partial charge in [0.15, 0.2) is 12.6 Å². The molecular weight excluding hydrogens is 436 g/mol. The second kappa shape index (κ2) is 17.8. The van der Waals surface area contributed by atoms with Gasteiger partial charge in [0.05, 0.1) is 13.2 Å². The highest BCUT2D eigenvalue weighted by molar-refractivity contribution is 5.87. The molecular formula is C23H36O10. The molecule has 0 aromatic carbocycles. The van der Waals surface area contributed by atoms with E-state index in [0.29, 0.717) is 30.4 Å². The quantitative estimate of drug-likeness (QED) is 0.0966. The van der Waals surface area contributed by atoms with Crippen LogP contribution in [0.2, 0.25) is 0 Å². The fourth-order valence-corrected chi connectivity index (χ4v) is 2.21. The van der Waals surface area contributed by atoms with E-state index in [0.717, 1.165) is 0 Å². The van der Waals surface area contributed by atoms with Crippen LogP contribution in [0.1, 0.15) is 59.8 Å². The Balaban J connectivity index is 3.72. The van der Waals surface area contributed by atoms with Crippen molar-refractivity contribution < 1.29 is 47.6 Å². The first-order valence-corrected chi connectivity index (χ1v) is 10.8. The predicted octanol–water partition coefficient (Wildman–Crippen LogP) is 2.99. The summed E-state index contributed by atoms with van der Waals surface area (Å²) in [5.41, 5.74) is 0.591. The first-order chi connectivity index (χ1) is 15.5. The molecule has 0 spiro atoms. The molecule has 0 heterocycles. The highest BCUT2D eigenvalue weighted by Gasteiger charge is 2.12. The number of carbonyl (C=O) groups is 4. The minimum Gasteiger partial charge on any atom is -0.460 e. The zero-order valence-corrected chi connectivity index (χ0v) is 20.0. The van der Waals surface area contributed by atoms with Gasteiger partial charge in [-0.2, -0.15) is 0 Å². The Kier molecular flexibility index (Phi) is 16.3. The van der Waals surface area contributed by atoms with Crippen molar-refractivity contribution in [3.05, 3.63) is 24.3 Å². The van der Waals surface area contributed by atoms with Crippen LogP contribution in [0, 0.1) is 0 Å². The van der Waals surface area contributed by atoms with Gasteiger partial charge in [-0.1, -0.05) is 19.6 Å². The smallest absolute Gasteiger partial charge is 0.333 e. The maximum Gasteiger partial charge on any atom is 0.333 e. The van der Waals surface area contributed by atoms with Gasteiger partial charge in [0.25, 0.3) is 0 Å². The summed E-state index contributed by atoms with van der Waals surface area (Å²) in [4.78, 5) is 46.0. The summed E-state index contributed by atoms with van der Waals surface area (Å²) < 4.78 is 30.4. The maximum atomic E-state index is 11.8. The van der Waals surface area contributed by atoms with Crippen molar-refractivity contribution in [3.8, 4) is 0 Å². The van der Waals surface area contributed by atoms with Crippen LogP contribution < -0.4 is 0 Å². The van der Waals surface area contributed by atoms with Crippen molar-refractivity contribution >= 4 is 23.9 Å². The average Bonchev–Trinajstić information content (AvgIpc) is 2.73. The zero-order valence-electron chi connectivity index (χ0n) is 20.0. The van der Waals surface area contributed by atoms with E-state index < -0.39 is 36.5 Å².